The first-order valence-electron chi connectivity index (χ1n) is 9.08. The molecular formula is C22H23NO4. The Hall–Kier alpha value is -3.08. The zero-order valence-corrected chi connectivity index (χ0v) is 15.4. The van der Waals surface area contributed by atoms with E-state index in [1.807, 2.05) is 59.5 Å². The predicted octanol–water partition coefficient (Wildman–Crippen LogP) is 3.23. The highest BCUT2D eigenvalue weighted by atomic mass is 16.6. The van der Waals surface area contributed by atoms with Crippen LogP contribution in [-0.2, 0) is 27.3 Å². The van der Waals surface area contributed by atoms with Crippen molar-refractivity contribution in [2.45, 2.75) is 19.9 Å². The van der Waals surface area contributed by atoms with Crippen molar-refractivity contribution in [1.82, 2.24) is 4.90 Å². The smallest absolute Gasteiger partial charge is 0.344 e. The largest absolute Gasteiger partial charge is 0.482 e. The van der Waals surface area contributed by atoms with E-state index in [0.29, 0.717) is 25.4 Å². The van der Waals surface area contributed by atoms with Crippen LogP contribution >= 0.6 is 0 Å². The van der Waals surface area contributed by atoms with E-state index in [-0.39, 0.29) is 18.5 Å². The fourth-order valence-corrected chi connectivity index (χ4v) is 2.99. The monoisotopic (exact) mass is 365 g/mol. The molecule has 0 saturated heterocycles. The number of hydrogen-bond acceptors (Lipinski definition) is 4. The standard InChI is InChI=1S/C22H23NO4/c1-2-26-22(25)16-27-20-10-9-19-15-23(13-12-18(19)14-20)21(24)11-8-17-6-4-3-5-7-17/h3-11,14H,2,12-13,15-16H2,1H3. The minimum Gasteiger partial charge on any atom is -0.482 e. The summed E-state index contributed by atoms with van der Waals surface area (Å²) in [4.78, 5) is 25.7. The third kappa shape index (κ3) is 5.20. The van der Waals surface area contributed by atoms with Crippen LogP contribution in [0.5, 0.6) is 5.75 Å². The van der Waals surface area contributed by atoms with Crippen molar-refractivity contribution in [3.63, 3.8) is 0 Å². The normalized spacial score (nSPS) is 13.3. The number of carbonyl (C=O) groups excluding carboxylic acids is 2. The van der Waals surface area contributed by atoms with Gasteiger partial charge >= 0.3 is 5.97 Å². The van der Waals surface area contributed by atoms with Gasteiger partial charge in [0, 0.05) is 19.2 Å². The van der Waals surface area contributed by atoms with E-state index in [2.05, 4.69) is 0 Å². The Balaban J connectivity index is 1.59. The van der Waals surface area contributed by atoms with E-state index in [9.17, 15) is 9.59 Å². The number of carbonyl (C=O) groups is 2. The van der Waals surface area contributed by atoms with Gasteiger partial charge in [-0.3, -0.25) is 4.79 Å². The Morgan fingerprint density at radius 2 is 1.93 bits per heavy atom. The molecule has 0 N–H and O–H groups in total. The molecule has 1 aliphatic heterocycles. The second kappa shape index (κ2) is 9.03. The summed E-state index contributed by atoms with van der Waals surface area (Å²) in [6.07, 6.45) is 4.22. The molecule has 1 heterocycles. The minimum absolute atomic E-state index is 0.00661. The molecule has 0 bridgehead atoms. The Labute approximate surface area is 159 Å². The number of benzene rings is 2. The highest BCUT2D eigenvalue weighted by Crippen LogP contribution is 2.24. The average Bonchev–Trinajstić information content (AvgIpc) is 2.71. The molecule has 3 rings (SSSR count). The van der Waals surface area contributed by atoms with Crippen LogP contribution in [0.4, 0.5) is 0 Å². The van der Waals surface area contributed by atoms with E-state index < -0.39 is 0 Å². The summed E-state index contributed by atoms with van der Waals surface area (Å²) >= 11 is 0. The van der Waals surface area contributed by atoms with Gasteiger partial charge in [0.15, 0.2) is 6.61 Å². The van der Waals surface area contributed by atoms with E-state index >= 15 is 0 Å². The first kappa shape index (κ1) is 18.7. The van der Waals surface area contributed by atoms with Gasteiger partial charge in [-0.05, 0) is 48.2 Å². The lowest BCUT2D eigenvalue weighted by Gasteiger charge is -2.28. The van der Waals surface area contributed by atoms with E-state index in [0.717, 1.165) is 23.1 Å². The van der Waals surface area contributed by atoms with Gasteiger partial charge in [0.05, 0.1) is 6.61 Å². The van der Waals surface area contributed by atoms with Gasteiger partial charge < -0.3 is 14.4 Å². The molecule has 0 fully saturated rings. The van der Waals surface area contributed by atoms with Gasteiger partial charge in [-0.25, -0.2) is 4.79 Å². The number of esters is 1. The third-order valence-electron chi connectivity index (χ3n) is 4.38. The highest BCUT2D eigenvalue weighted by molar-refractivity contribution is 5.91. The molecule has 0 aromatic heterocycles. The SMILES string of the molecule is CCOC(=O)COc1ccc2c(c1)CCN(C(=O)C=Cc1ccccc1)C2. The zero-order valence-electron chi connectivity index (χ0n) is 15.4. The lowest BCUT2D eigenvalue weighted by molar-refractivity contribution is -0.145. The first-order chi connectivity index (χ1) is 13.2. The maximum Gasteiger partial charge on any atom is 0.344 e. The Kier molecular flexibility index (Phi) is 6.26. The van der Waals surface area contributed by atoms with Crippen LogP contribution in [0.15, 0.2) is 54.6 Å². The minimum atomic E-state index is -0.378. The maximum atomic E-state index is 12.5. The summed E-state index contributed by atoms with van der Waals surface area (Å²) in [5.74, 6) is 0.273. The second-order valence-corrected chi connectivity index (χ2v) is 6.28. The molecule has 0 saturated carbocycles. The molecule has 0 unspecified atom stereocenters. The fourth-order valence-electron chi connectivity index (χ4n) is 2.99. The fraction of sp³-hybridized carbons (Fsp3) is 0.273. The molecule has 140 valence electrons. The molecule has 1 amide bonds. The Morgan fingerprint density at radius 1 is 1.11 bits per heavy atom. The van der Waals surface area contributed by atoms with Crippen molar-refractivity contribution < 1.29 is 19.1 Å². The van der Waals surface area contributed by atoms with Crippen molar-refractivity contribution in [1.29, 1.82) is 0 Å². The number of nitrogens with zero attached hydrogens (tertiary/aromatic N) is 1. The van der Waals surface area contributed by atoms with Crippen LogP contribution in [0.3, 0.4) is 0 Å². The second-order valence-electron chi connectivity index (χ2n) is 6.28. The summed E-state index contributed by atoms with van der Waals surface area (Å²) in [5, 5.41) is 0. The van der Waals surface area contributed by atoms with Gasteiger partial charge in [0.2, 0.25) is 5.91 Å². The quantitative estimate of drug-likeness (QED) is 0.583. The zero-order chi connectivity index (χ0) is 19.1. The number of ether oxygens (including phenoxy) is 2. The molecule has 1 aliphatic rings. The van der Waals surface area contributed by atoms with Gasteiger partial charge in [-0.15, -0.1) is 0 Å². The van der Waals surface area contributed by atoms with Crippen molar-refractivity contribution in [2.24, 2.45) is 0 Å². The van der Waals surface area contributed by atoms with Crippen molar-refractivity contribution >= 4 is 18.0 Å². The molecule has 0 atom stereocenters. The van der Waals surface area contributed by atoms with Gasteiger partial charge in [0.25, 0.3) is 0 Å². The Bertz CT molecular complexity index is 829. The van der Waals surface area contributed by atoms with Crippen LogP contribution in [0, 0.1) is 0 Å². The van der Waals surface area contributed by atoms with Crippen molar-refractivity contribution in [3.05, 3.63) is 71.3 Å². The molecule has 5 nitrogen and oxygen atoms in total. The van der Waals surface area contributed by atoms with Crippen molar-refractivity contribution in [3.8, 4) is 5.75 Å². The lowest BCUT2D eigenvalue weighted by Crippen LogP contribution is -2.34. The molecule has 27 heavy (non-hydrogen) atoms. The van der Waals surface area contributed by atoms with Crippen molar-refractivity contribution in [2.75, 3.05) is 19.8 Å². The Morgan fingerprint density at radius 3 is 2.70 bits per heavy atom. The molecule has 0 aliphatic carbocycles. The number of amides is 1. The van der Waals surface area contributed by atoms with Crippen LogP contribution in [0.2, 0.25) is 0 Å². The molecular weight excluding hydrogens is 342 g/mol. The van der Waals surface area contributed by atoms with Crippen LogP contribution < -0.4 is 4.74 Å². The van der Waals surface area contributed by atoms with Gasteiger partial charge in [0.1, 0.15) is 5.75 Å². The average molecular weight is 365 g/mol. The summed E-state index contributed by atoms with van der Waals surface area (Å²) in [6, 6.07) is 15.5. The van der Waals surface area contributed by atoms with Crippen LogP contribution in [-0.4, -0.2) is 36.5 Å². The van der Waals surface area contributed by atoms with E-state index in [1.54, 1.807) is 13.0 Å². The van der Waals surface area contributed by atoms with E-state index in [1.165, 1.54) is 0 Å². The first-order valence-corrected chi connectivity index (χ1v) is 9.08. The van der Waals surface area contributed by atoms with Gasteiger partial charge in [-0.2, -0.15) is 0 Å². The molecule has 2 aromatic rings. The number of fused-ring (bicyclic) bond motifs is 1. The third-order valence-corrected chi connectivity index (χ3v) is 4.38. The van der Waals surface area contributed by atoms with Crippen LogP contribution in [0.25, 0.3) is 6.08 Å². The topological polar surface area (TPSA) is 55.8 Å². The number of rotatable bonds is 6. The summed E-state index contributed by atoms with van der Waals surface area (Å²) in [5.41, 5.74) is 3.25. The van der Waals surface area contributed by atoms with Gasteiger partial charge in [-0.1, -0.05) is 36.4 Å². The molecule has 0 spiro atoms. The molecule has 2 aromatic carbocycles. The van der Waals surface area contributed by atoms with E-state index in [4.69, 9.17) is 9.47 Å². The summed E-state index contributed by atoms with van der Waals surface area (Å²) < 4.78 is 10.3. The lowest BCUT2D eigenvalue weighted by atomic mass is 9.99. The predicted molar refractivity (Wildman–Crippen MR) is 103 cm³/mol. The molecule has 0 radical (unpaired) electrons. The van der Waals surface area contributed by atoms with Crippen LogP contribution in [0.1, 0.15) is 23.6 Å². The maximum absolute atomic E-state index is 12.5. The highest BCUT2D eigenvalue weighted by Gasteiger charge is 2.19. The summed E-state index contributed by atoms with van der Waals surface area (Å²) in [7, 11) is 0. The number of hydrogen-bond donors (Lipinski definition) is 0. The molecule has 5 heteroatoms. The summed E-state index contributed by atoms with van der Waals surface area (Å²) in [6.45, 7) is 3.24.